The van der Waals surface area contributed by atoms with E-state index in [2.05, 4.69) is 15.4 Å². The van der Waals surface area contributed by atoms with Gasteiger partial charge in [0.2, 0.25) is 0 Å². The normalized spacial score (nSPS) is 26.3. The molecule has 0 radical (unpaired) electrons. The summed E-state index contributed by atoms with van der Waals surface area (Å²) in [4.78, 5) is 17.1. The first-order chi connectivity index (χ1) is 8.70. The van der Waals surface area contributed by atoms with E-state index in [1.54, 1.807) is 4.52 Å². The average molecular weight is 244 g/mol. The summed E-state index contributed by atoms with van der Waals surface area (Å²) < 4.78 is 1.58. The lowest BCUT2D eigenvalue weighted by atomic mass is 9.98. The molecular weight excluding hydrogens is 228 g/mol. The summed E-state index contributed by atoms with van der Waals surface area (Å²) in [7, 11) is 0. The van der Waals surface area contributed by atoms with Crippen LogP contribution >= 0.6 is 0 Å². The Morgan fingerprint density at radius 2 is 2.11 bits per heavy atom. The highest BCUT2D eigenvalue weighted by atomic mass is 16.1. The number of H-pyrrole nitrogens is 1. The van der Waals surface area contributed by atoms with Gasteiger partial charge in [0.05, 0.1) is 5.69 Å². The van der Waals surface area contributed by atoms with Crippen molar-refractivity contribution in [3.05, 3.63) is 33.4 Å². The molecule has 4 rings (SSSR count). The summed E-state index contributed by atoms with van der Waals surface area (Å²) in [6.45, 7) is 1.95. The molecule has 0 saturated carbocycles. The molecule has 4 heterocycles. The molecule has 5 nitrogen and oxygen atoms in total. The van der Waals surface area contributed by atoms with E-state index >= 15 is 0 Å². The maximum atomic E-state index is 12.5. The summed E-state index contributed by atoms with van der Waals surface area (Å²) in [5.41, 5.74) is 3.69. The largest absolute Gasteiger partial charge is 0.311 e. The second-order valence-electron chi connectivity index (χ2n) is 5.52. The summed E-state index contributed by atoms with van der Waals surface area (Å²) in [5.74, 6) is 0. The molecule has 1 saturated heterocycles. The van der Waals surface area contributed by atoms with Gasteiger partial charge in [-0.25, -0.2) is 9.50 Å². The van der Waals surface area contributed by atoms with Gasteiger partial charge in [-0.2, -0.15) is 0 Å². The molecule has 2 atom stereocenters. The fraction of sp³-hybridized carbons (Fsp3) is 0.538. The van der Waals surface area contributed by atoms with Gasteiger partial charge in [0, 0.05) is 35.8 Å². The van der Waals surface area contributed by atoms with Crippen LogP contribution < -0.4 is 10.9 Å². The van der Waals surface area contributed by atoms with E-state index in [0.29, 0.717) is 12.1 Å². The van der Waals surface area contributed by atoms with Gasteiger partial charge in [0.25, 0.3) is 5.56 Å². The minimum atomic E-state index is 0.0810. The number of hydrogen-bond donors (Lipinski definition) is 2. The molecule has 0 aliphatic carbocycles. The number of nitrogens with zero attached hydrogens (tertiary/aromatic N) is 2. The molecule has 94 valence electrons. The Kier molecular flexibility index (Phi) is 1.97. The van der Waals surface area contributed by atoms with Gasteiger partial charge in [-0.15, -0.1) is 0 Å². The molecular formula is C13H16N4O. The van der Waals surface area contributed by atoms with Crippen molar-refractivity contribution in [2.24, 2.45) is 0 Å². The molecule has 0 unspecified atom stereocenters. The van der Waals surface area contributed by atoms with E-state index in [9.17, 15) is 4.79 Å². The van der Waals surface area contributed by atoms with Gasteiger partial charge in [0.1, 0.15) is 0 Å². The highest BCUT2D eigenvalue weighted by Gasteiger charge is 2.31. The summed E-state index contributed by atoms with van der Waals surface area (Å²) in [5, 5.41) is 6.65. The van der Waals surface area contributed by atoms with Crippen molar-refractivity contribution < 1.29 is 0 Å². The molecule has 1 fully saturated rings. The fourth-order valence-corrected chi connectivity index (χ4v) is 3.30. The highest BCUT2D eigenvalue weighted by Crippen LogP contribution is 2.24. The Hall–Kier alpha value is -1.62. The van der Waals surface area contributed by atoms with E-state index in [4.69, 9.17) is 0 Å². The maximum absolute atomic E-state index is 12.5. The fourth-order valence-electron chi connectivity index (χ4n) is 3.30. The van der Waals surface area contributed by atoms with Crippen LogP contribution in [-0.2, 0) is 12.8 Å². The minimum absolute atomic E-state index is 0.0810. The third-order valence-electron chi connectivity index (χ3n) is 4.15. The van der Waals surface area contributed by atoms with E-state index in [-0.39, 0.29) is 5.56 Å². The Bertz CT molecular complexity index is 684. The van der Waals surface area contributed by atoms with E-state index in [0.717, 1.165) is 35.4 Å². The Balaban J connectivity index is 1.98. The lowest BCUT2D eigenvalue weighted by Gasteiger charge is -2.10. The lowest BCUT2D eigenvalue weighted by molar-refractivity contribution is 0.552. The predicted molar refractivity (Wildman–Crippen MR) is 67.9 cm³/mol. The Morgan fingerprint density at radius 3 is 2.94 bits per heavy atom. The van der Waals surface area contributed by atoms with Crippen LogP contribution in [0.15, 0.2) is 10.9 Å². The van der Waals surface area contributed by atoms with Crippen molar-refractivity contribution in [2.75, 3.05) is 0 Å². The van der Waals surface area contributed by atoms with Crippen molar-refractivity contribution in [2.45, 2.75) is 44.7 Å². The second kappa shape index (κ2) is 3.45. The van der Waals surface area contributed by atoms with Crippen LogP contribution in [0.25, 0.3) is 5.65 Å². The van der Waals surface area contributed by atoms with Gasteiger partial charge < -0.3 is 5.32 Å². The van der Waals surface area contributed by atoms with Crippen LogP contribution in [-0.4, -0.2) is 26.7 Å². The number of rotatable bonds is 0. The number of nitrogens with one attached hydrogen (secondary N) is 2. The number of aromatic amines is 1. The SMILES string of the molecule is Cc1cc2nc3c(c(=O)n2[nH]1)C[C@@H]1CC[C@H](C3)N1. The lowest BCUT2D eigenvalue weighted by Crippen LogP contribution is -2.30. The molecule has 0 aromatic carbocycles. The van der Waals surface area contributed by atoms with Crippen molar-refractivity contribution in [1.82, 2.24) is 19.9 Å². The molecule has 2 aromatic heterocycles. The van der Waals surface area contributed by atoms with Gasteiger partial charge in [-0.1, -0.05) is 0 Å². The van der Waals surface area contributed by atoms with Gasteiger partial charge in [0.15, 0.2) is 5.65 Å². The molecule has 2 aliphatic rings. The first kappa shape index (κ1) is 10.3. The molecule has 0 amide bonds. The number of aryl methyl sites for hydroxylation is 1. The molecule has 2 aliphatic heterocycles. The van der Waals surface area contributed by atoms with Crippen LogP contribution in [0.2, 0.25) is 0 Å². The average Bonchev–Trinajstić information content (AvgIpc) is 2.84. The molecule has 2 N–H and O–H groups in total. The zero-order valence-electron chi connectivity index (χ0n) is 10.4. The van der Waals surface area contributed by atoms with Gasteiger partial charge in [-0.05, 0) is 26.2 Å². The van der Waals surface area contributed by atoms with Gasteiger partial charge >= 0.3 is 0 Å². The smallest absolute Gasteiger partial charge is 0.276 e. The summed E-state index contributed by atoms with van der Waals surface area (Å²) >= 11 is 0. The van der Waals surface area contributed by atoms with Crippen molar-refractivity contribution >= 4 is 5.65 Å². The Morgan fingerprint density at radius 1 is 1.33 bits per heavy atom. The quantitative estimate of drug-likeness (QED) is 0.711. The van der Waals surface area contributed by atoms with Crippen molar-refractivity contribution in [1.29, 1.82) is 0 Å². The highest BCUT2D eigenvalue weighted by molar-refractivity contribution is 5.42. The molecule has 0 spiro atoms. The second-order valence-corrected chi connectivity index (χ2v) is 5.52. The minimum Gasteiger partial charge on any atom is -0.311 e. The number of aromatic nitrogens is 3. The van der Waals surface area contributed by atoms with Crippen LogP contribution in [0.4, 0.5) is 0 Å². The summed E-state index contributed by atoms with van der Waals surface area (Å²) in [6, 6.07) is 2.89. The standard InChI is InChI=1S/C13H16N4O/c1-7-4-12-15-11-6-9-3-2-8(14-9)5-10(11)13(18)17(12)16-7/h4,8-9,14,16H,2-3,5-6H2,1H3/t8-,9+/m0/s1. The Labute approximate surface area is 104 Å². The van der Waals surface area contributed by atoms with Crippen LogP contribution in [0, 0.1) is 6.92 Å². The maximum Gasteiger partial charge on any atom is 0.276 e. The third kappa shape index (κ3) is 1.37. The predicted octanol–water partition coefficient (Wildman–Crippen LogP) is 0.550. The van der Waals surface area contributed by atoms with Gasteiger partial charge in [-0.3, -0.25) is 9.89 Å². The molecule has 18 heavy (non-hydrogen) atoms. The molecule has 2 aromatic rings. The number of hydrogen-bond acceptors (Lipinski definition) is 3. The van der Waals surface area contributed by atoms with E-state index in [1.165, 1.54) is 12.8 Å². The zero-order valence-corrected chi connectivity index (χ0v) is 10.4. The summed E-state index contributed by atoms with van der Waals surface area (Å²) in [6.07, 6.45) is 4.09. The van der Waals surface area contributed by atoms with Crippen molar-refractivity contribution in [3.63, 3.8) is 0 Å². The third-order valence-corrected chi connectivity index (χ3v) is 4.15. The van der Waals surface area contributed by atoms with Crippen LogP contribution in [0.5, 0.6) is 0 Å². The van der Waals surface area contributed by atoms with Crippen molar-refractivity contribution in [3.8, 4) is 0 Å². The molecule has 2 bridgehead atoms. The van der Waals surface area contributed by atoms with E-state index < -0.39 is 0 Å². The first-order valence-corrected chi connectivity index (χ1v) is 6.57. The molecule has 5 heteroatoms. The van der Waals surface area contributed by atoms with Crippen LogP contribution in [0.3, 0.4) is 0 Å². The number of fused-ring (bicyclic) bond motifs is 4. The van der Waals surface area contributed by atoms with E-state index in [1.807, 2.05) is 13.0 Å². The zero-order chi connectivity index (χ0) is 12.3. The topological polar surface area (TPSA) is 62.2 Å². The monoisotopic (exact) mass is 244 g/mol. The van der Waals surface area contributed by atoms with Crippen LogP contribution in [0.1, 0.15) is 29.8 Å². The first-order valence-electron chi connectivity index (χ1n) is 6.57.